The molecule has 0 spiro atoms. The molecule has 0 unspecified atom stereocenters. The van der Waals surface area contributed by atoms with Gasteiger partial charge in [0.15, 0.2) is 0 Å². The predicted molar refractivity (Wildman–Crippen MR) is 98.7 cm³/mol. The van der Waals surface area contributed by atoms with Gasteiger partial charge in [-0.2, -0.15) is 5.10 Å². The van der Waals surface area contributed by atoms with Crippen molar-refractivity contribution < 1.29 is 18.3 Å². The number of aromatic nitrogens is 6. The van der Waals surface area contributed by atoms with Crippen LogP contribution >= 0.6 is 0 Å². The minimum atomic E-state index is -2.09. The zero-order valence-corrected chi connectivity index (χ0v) is 15.6. The van der Waals surface area contributed by atoms with Gasteiger partial charge in [-0.15, -0.1) is 5.10 Å². The first-order valence-corrected chi connectivity index (χ1v) is 8.84. The Bertz CT molecular complexity index is 1280. The van der Waals surface area contributed by atoms with Crippen LogP contribution in [0.3, 0.4) is 0 Å². The molecule has 11 heteroatoms. The van der Waals surface area contributed by atoms with Gasteiger partial charge < -0.3 is 5.11 Å². The molecule has 2 aromatic carbocycles. The maximum absolute atomic E-state index is 14.6. The van der Waals surface area contributed by atoms with Gasteiger partial charge in [0.25, 0.3) is 5.56 Å². The SMILES string of the molecule is C[C@@H](n1nnc2cc(F)ccc2c1=O)[C@](O)(Cn1cncn1)c1ccc(F)cc1F. The lowest BCUT2D eigenvalue weighted by Crippen LogP contribution is -2.44. The van der Waals surface area contributed by atoms with E-state index in [-0.39, 0.29) is 23.0 Å². The Hall–Kier alpha value is -3.60. The first-order chi connectivity index (χ1) is 14.3. The average molecular weight is 416 g/mol. The Labute approximate surface area is 167 Å². The summed E-state index contributed by atoms with van der Waals surface area (Å²) in [5, 5.41) is 23.2. The Morgan fingerprint density at radius 3 is 2.57 bits per heavy atom. The number of benzene rings is 2. The second-order valence-corrected chi connectivity index (χ2v) is 6.82. The third kappa shape index (κ3) is 3.32. The quantitative estimate of drug-likeness (QED) is 0.534. The van der Waals surface area contributed by atoms with Gasteiger partial charge in [0.1, 0.15) is 41.2 Å². The molecule has 0 radical (unpaired) electrons. The van der Waals surface area contributed by atoms with Crippen LogP contribution in [0.1, 0.15) is 18.5 Å². The van der Waals surface area contributed by atoms with Crippen molar-refractivity contribution in [3.05, 3.63) is 82.4 Å². The number of aliphatic hydroxyl groups is 1. The molecule has 0 fully saturated rings. The van der Waals surface area contributed by atoms with Gasteiger partial charge in [0.05, 0.1) is 18.0 Å². The summed E-state index contributed by atoms with van der Waals surface area (Å²) in [4.78, 5) is 16.7. The summed E-state index contributed by atoms with van der Waals surface area (Å²) < 4.78 is 43.6. The van der Waals surface area contributed by atoms with E-state index < -0.39 is 34.7 Å². The molecule has 4 aromatic rings. The van der Waals surface area contributed by atoms with Gasteiger partial charge >= 0.3 is 0 Å². The van der Waals surface area contributed by atoms with Gasteiger partial charge in [-0.25, -0.2) is 27.5 Å². The van der Waals surface area contributed by atoms with E-state index in [4.69, 9.17) is 0 Å². The smallest absolute Gasteiger partial charge is 0.277 e. The number of rotatable bonds is 5. The van der Waals surface area contributed by atoms with Crippen molar-refractivity contribution in [2.75, 3.05) is 0 Å². The predicted octanol–water partition coefficient (Wildman–Crippen LogP) is 1.95. The van der Waals surface area contributed by atoms with E-state index >= 15 is 0 Å². The summed E-state index contributed by atoms with van der Waals surface area (Å²) in [7, 11) is 0. The van der Waals surface area contributed by atoms with Crippen molar-refractivity contribution in [1.82, 2.24) is 29.8 Å². The number of halogens is 3. The lowest BCUT2D eigenvalue weighted by molar-refractivity contribution is -0.0390. The Morgan fingerprint density at radius 2 is 1.87 bits per heavy atom. The Kier molecular flexibility index (Phi) is 4.82. The van der Waals surface area contributed by atoms with Crippen LogP contribution in [-0.2, 0) is 12.1 Å². The fraction of sp³-hybridized carbons (Fsp3) is 0.211. The lowest BCUT2D eigenvalue weighted by Gasteiger charge is -2.34. The minimum Gasteiger partial charge on any atom is -0.381 e. The summed E-state index contributed by atoms with van der Waals surface area (Å²) in [5.41, 5.74) is -2.97. The molecule has 0 bridgehead atoms. The van der Waals surface area contributed by atoms with Crippen molar-refractivity contribution in [3.8, 4) is 0 Å². The highest BCUT2D eigenvalue weighted by Gasteiger charge is 2.41. The molecule has 0 saturated carbocycles. The van der Waals surface area contributed by atoms with Gasteiger partial charge in [-0.05, 0) is 25.1 Å². The summed E-state index contributed by atoms with van der Waals surface area (Å²) in [6.45, 7) is 1.12. The van der Waals surface area contributed by atoms with E-state index in [9.17, 15) is 23.1 Å². The van der Waals surface area contributed by atoms with E-state index in [1.807, 2.05) is 0 Å². The van der Waals surface area contributed by atoms with Crippen molar-refractivity contribution in [2.45, 2.75) is 25.1 Å². The first kappa shape index (κ1) is 19.7. The molecule has 0 aliphatic carbocycles. The maximum Gasteiger partial charge on any atom is 0.277 e. The Balaban J connectivity index is 1.88. The van der Waals surface area contributed by atoms with E-state index in [2.05, 4.69) is 20.4 Å². The Morgan fingerprint density at radius 1 is 1.13 bits per heavy atom. The molecule has 0 saturated heterocycles. The molecule has 2 atom stereocenters. The van der Waals surface area contributed by atoms with Crippen LogP contribution in [0.15, 0.2) is 53.8 Å². The van der Waals surface area contributed by atoms with Crippen LogP contribution < -0.4 is 5.56 Å². The van der Waals surface area contributed by atoms with Gasteiger partial charge in [0, 0.05) is 17.7 Å². The van der Waals surface area contributed by atoms with Crippen molar-refractivity contribution in [2.24, 2.45) is 0 Å². The topological polar surface area (TPSA) is 98.7 Å². The third-order valence-electron chi connectivity index (χ3n) is 4.97. The molecule has 2 heterocycles. The second-order valence-electron chi connectivity index (χ2n) is 6.82. The normalized spacial score (nSPS) is 14.6. The van der Waals surface area contributed by atoms with E-state index in [0.717, 1.165) is 28.9 Å². The highest BCUT2D eigenvalue weighted by molar-refractivity contribution is 5.76. The molecule has 4 rings (SSSR count). The zero-order valence-electron chi connectivity index (χ0n) is 15.6. The average Bonchev–Trinajstić information content (AvgIpc) is 3.20. The monoisotopic (exact) mass is 416 g/mol. The summed E-state index contributed by atoms with van der Waals surface area (Å²) in [6, 6.07) is 4.95. The molecule has 2 aromatic heterocycles. The molecule has 0 aliphatic heterocycles. The maximum atomic E-state index is 14.6. The van der Waals surface area contributed by atoms with Crippen molar-refractivity contribution >= 4 is 10.9 Å². The molecule has 154 valence electrons. The number of fused-ring (bicyclic) bond motifs is 1. The molecular weight excluding hydrogens is 401 g/mol. The van der Waals surface area contributed by atoms with Crippen LogP contribution in [0.4, 0.5) is 13.2 Å². The molecular formula is C19H15F3N6O2. The zero-order chi connectivity index (χ0) is 21.5. The van der Waals surface area contributed by atoms with Crippen LogP contribution in [0.25, 0.3) is 10.9 Å². The van der Waals surface area contributed by atoms with Crippen LogP contribution in [0, 0.1) is 17.5 Å². The first-order valence-electron chi connectivity index (χ1n) is 8.84. The van der Waals surface area contributed by atoms with Crippen molar-refractivity contribution in [1.29, 1.82) is 0 Å². The molecule has 30 heavy (non-hydrogen) atoms. The summed E-state index contributed by atoms with van der Waals surface area (Å²) in [6.07, 6.45) is 2.53. The molecule has 0 aliphatic rings. The lowest BCUT2D eigenvalue weighted by atomic mass is 9.86. The van der Waals surface area contributed by atoms with Crippen LogP contribution in [0.2, 0.25) is 0 Å². The van der Waals surface area contributed by atoms with Crippen LogP contribution in [0.5, 0.6) is 0 Å². The highest BCUT2D eigenvalue weighted by Crippen LogP contribution is 2.35. The standard InChI is InChI=1S/C19H15F3N6O2/c1-11(28-18(29)14-4-2-13(21)7-17(14)25-26-28)19(30,8-27-10-23-9-24-27)15-5-3-12(20)6-16(15)22/h2-7,9-11,30H,8H2,1H3/t11-,19-/m1/s1. The number of nitrogens with zero attached hydrogens (tertiary/aromatic N) is 6. The molecule has 1 N–H and O–H groups in total. The van der Waals surface area contributed by atoms with E-state index in [1.165, 1.54) is 30.3 Å². The van der Waals surface area contributed by atoms with E-state index in [1.54, 1.807) is 0 Å². The van der Waals surface area contributed by atoms with E-state index in [0.29, 0.717) is 6.07 Å². The molecule has 8 nitrogen and oxygen atoms in total. The van der Waals surface area contributed by atoms with Gasteiger partial charge in [-0.1, -0.05) is 11.3 Å². The van der Waals surface area contributed by atoms with Crippen LogP contribution in [-0.4, -0.2) is 34.9 Å². The fourth-order valence-electron chi connectivity index (χ4n) is 3.33. The fourth-order valence-corrected chi connectivity index (χ4v) is 3.33. The molecule has 0 amide bonds. The summed E-state index contributed by atoms with van der Waals surface area (Å²) in [5.74, 6) is -2.41. The highest BCUT2D eigenvalue weighted by atomic mass is 19.1. The number of hydrogen-bond donors (Lipinski definition) is 1. The third-order valence-corrected chi connectivity index (χ3v) is 4.97. The van der Waals surface area contributed by atoms with Gasteiger partial charge in [-0.3, -0.25) is 4.79 Å². The van der Waals surface area contributed by atoms with Crippen molar-refractivity contribution in [3.63, 3.8) is 0 Å². The largest absolute Gasteiger partial charge is 0.381 e. The minimum absolute atomic E-state index is 0.0382. The summed E-state index contributed by atoms with van der Waals surface area (Å²) >= 11 is 0. The van der Waals surface area contributed by atoms with Gasteiger partial charge in [0.2, 0.25) is 0 Å². The second kappa shape index (κ2) is 7.34. The number of hydrogen-bond acceptors (Lipinski definition) is 6.